The normalized spacial score (nSPS) is 10.5. The zero-order chi connectivity index (χ0) is 14.8. The molecule has 0 atom stereocenters. The van der Waals surface area contributed by atoms with Crippen molar-refractivity contribution >= 4 is 11.8 Å². The molecule has 2 aromatic carbocycles. The maximum Gasteiger partial charge on any atom is 0.135 e. The zero-order valence-corrected chi connectivity index (χ0v) is 11.1. The second kappa shape index (κ2) is 5.13. The second-order valence-corrected chi connectivity index (χ2v) is 4.56. The van der Waals surface area contributed by atoms with Gasteiger partial charge in [0.25, 0.3) is 0 Å². The van der Waals surface area contributed by atoms with E-state index in [4.69, 9.17) is 5.73 Å². The average Bonchev–Trinajstić information content (AvgIpc) is 2.90. The van der Waals surface area contributed by atoms with E-state index in [1.165, 1.54) is 12.1 Å². The van der Waals surface area contributed by atoms with Crippen LogP contribution < -0.4 is 10.8 Å². The van der Waals surface area contributed by atoms with Gasteiger partial charge < -0.3 is 15.6 Å². The van der Waals surface area contributed by atoms with Gasteiger partial charge in [0, 0.05) is 5.56 Å². The minimum Gasteiger partial charge on any atom is -0.545 e. The van der Waals surface area contributed by atoms with E-state index in [0.717, 1.165) is 11.1 Å². The van der Waals surface area contributed by atoms with Crippen LogP contribution in [-0.4, -0.2) is 15.7 Å². The molecule has 104 valence electrons. The fourth-order valence-electron chi connectivity index (χ4n) is 2.14. The topological polar surface area (TPSA) is 84.0 Å². The van der Waals surface area contributed by atoms with Crippen LogP contribution in [0.4, 0.5) is 5.82 Å². The number of nitrogens with zero attached hydrogens (tertiary/aromatic N) is 2. The van der Waals surface area contributed by atoms with Gasteiger partial charge in [0.05, 0.1) is 17.9 Å². The summed E-state index contributed by atoms with van der Waals surface area (Å²) in [6, 6.07) is 15.9. The monoisotopic (exact) mass is 278 g/mol. The van der Waals surface area contributed by atoms with E-state index < -0.39 is 5.97 Å². The maximum absolute atomic E-state index is 10.7. The molecular formula is C16H12N3O2-. The van der Waals surface area contributed by atoms with Gasteiger partial charge in [-0.1, -0.05) is 42.5 Å². The molecular weight excluding hydrogens is 266 g/mol. The molecule has 2 N–H and O–H groups in total. The Morgan fingerprint density at radius 2 is 1.71 bits per heavy atom. The predicted molar refractivity (Wildman–Crippen MR) is 77.7 cm³/mol. The Bertz CT molecular complexity index is 777. The first-order valence-electron chi connectivity index (χ1n) is 6.37. The summed E-state index contributed by atoms with van der Waals surface area (Å²) in [5.41, 5.74) is 8.76. The third-order valence-electron chi connectivity index (χ3n) is 3.24. The third kappa shape index (κ3) is 2.36. The summed E-state index contributed by atoms with van der Waals surface area (Å²) in [5.74, 6) is -0.706. The molecule has 0 aliphatic rings. The van der Waals surface area contributed by atoms with E-state index in [9.17, 15) is 9.90 Å². The van der Waals surface area contributed by atoms with Gasteiger partial charge in [-0.3, -0.25) is 0 Å². The number of carboxylic acids is 1. The Morgan fingerprint density at radius 3 is 2.33 bits per heavy atom. The van der Waals surface area contributed by atoms with Gasteiger partial charge in [-0.15, -0.1) is 0 Å². The highest BCUT2D eigenvalue weighted by molar-refractivity contribution is 5.86. The van der Waals surface area contributed by atoms with E-state index >= 15 is 0 Å². The summed E-state index contributed by atoms with van der Waals surface area (Å²) >= 11 is 0. The van der Waals surface area contributed by atoms with E-state index in [0.29, 0.717) is 11.5 Å². The summed E-state index contributed by atoms with van der Waals surface area (Å²) < 4.78 is 1.57. The molecule has 21 heavy (non-hydrogen) atoms. The molecule has 0 bridgehead atoms. The Kier molecular flexibility index (Phi) is 3.16. The van der Waals surface area contributed by atoms with E-state index in [2.05, 4.69) is 5.10 Å². The standard InChI is InChI=1S/C16H13N3O2/c17-15-14(11-4-2-1-3-5-11)10-18-19(15)13-8-6-12(7-9-13)16(20)21/h1-10H,17H2,(H,20,21)/p-1. The Morgan fingerprint density at radius 1 is 1.05 bits per heavy atom. The molecule has 0 radical (unpaired) electrons. The van der Waals surface area contributed by atoms with Crippen molar-refractivity contribution < 1.29 is 9.90 Å². The number of hydrogen-bond acceptors (Lipinski definition) is 4. The van der Waals surface area contributed by atoms with Gasteiger partial charge in [0.1, 0.15) is 5.82 Å². The molecule has 0 unspecified atom stereocenters. The summed E-state index contributed by atoms with van der Waals surface area (Å²) in [5, 5.41) is 15.0. The molecule has 1 aromatic heterocycles. The predicted octanol–water partition coefficient (Wildman–Crippen LogP) is 1.49. The van der Waals surface area contributed by atoms with Crippen LogP contribution in [0, 0.1) is 0 Å². The molecule has 3 aromatic rings. The first-order valence-corrected chi connectivity index (χ1v) is 6.37. The van der Waals surface area contributed by atoms with Crippen LogP contribution in [-0.2, 0) is 0 Å². The van der Waals surface area contributed by atoms with Crippen molar-refractivity contribution in [2.24, 2.45) is 0 Å². The lowest BCUT2D eigenvalue weighted by molar-refractivity contribution is -0.255. The highest BCUT2D eigenvalue weighted by Crippen LogP contribution is 2.27. The third-order valence-corrected chi connectivity index (χ3v) is 3.24. The Balaban J connectivity index is 2.01. The van der Waals surface area contributed by atoms with Crippen molar-refractivity contribution in [3.05, 3.63) is 66.4 Å². The zero-order valence-electron chi connectivity index (χ0n) is 11.1. The number of rotatable bonds is 3. The Hall–Kier alpha value is -3.08. The molecule has 5 nitrogen and oxygen atoms in total. The minimum atomic E-state index is -1.21. The molecule has 1 heterocycles. The average molecular weight is 278 g/mol. The van der Waals surface area contributed by atoms with Gasteiger partial charge in [0.2, 0.25) is 0 Å². The number of carbonyl (C=O) groups excluding carboxylic acids is 1. The minimum absolute atomic E-state index is 0.118. The molecule has 0 spiro atoms. The van der Waals surface area contributed by atoms with E-state index in [1.54, 1.807) is 23.0 Å². The lowest BCUT2D eigenvalue weighted by atomic mass is 10.1. The number of carboxylic acid groups (broad SMARTS) is 1. The van der Waals surface area contributed by atoms with Crippen LogP contribution in [0.2, 0.25) is 0 Å². The van der Waals surface area contributed by atoms with Crippen LogP contribution in [0.3, 0.4) is 0 Å². The highest BCUT2D eigenvalue weighted by atomic mass is 16.4. The lowest BCUT2D eigenvalue weighted by Gasteiger charge is -2.07. The number of aromatic nitrogens is 2. The quantitative estimate of drug-likeness (QED) is 0.786. The molecule has 0 aliphatic heterocycles. The van der Waals surface area contributed by atoms with Gasteiger partial charge in [-0.25, -0.2) is 4.68 Å². The number of nitrogen functional groups attached to an aromatic ring is 1. The molecule has 0 amide bonds. The smallest absolute Gasteiger partial charge is 0.135 e. The van der Waals surface area contributed by atoms with Crippen molar-refractivity contribution in [1.29, 1.82) is 0 Å². The van der Waals surface area contributed by atoms with Gasteiger partial charge in [-0.05, 0) is 23.3 Å². The number of nitrogens with two attached hydrogens (primary N) is 1. The number of benzene rings is 2. The molecule has 3 rings (SSSR count). The van der Waals surface area contributed by atoms with Crippen molar-refractivity contribution in [3.63, 3.8) is 0 Å². The summed E-state index contributed by atoms with van der Waals surface area (Å²) in [4.78, 5) is 10.7. The molecule has 5 heteroatoms. The maximum atomic E-state index is 10.7. The Labute approximate surface area is 121 Å². The highest BCUT2D eigenvalue weighted by Gasteiger charge is 2.10. The molecule has 0 fully saturated rings. The van der Waals surface area contributed by atoms with Gasteiger partial charge in [0.15, 0.2) is 0 Å². The second-order valence-electron chi connectivity index (χ2n) is 4.56. The van der Waals surface area contributed by atoms with Crippen LogP contribution in [0.1, 0.15) is 10.4 Å². The number of aromatic carboxylic acids is 1. The summed E-state index contributed by atoms with van der Waals surface area (Å²) in [7, 11) is 0. The first kappa shape index (κ1) is 12.9. The molecule has 0 aliphatic carbocycles. The van der Waals surface area contributed by atoms with Crippen LogP contribution in [0.5, 0.6) is 0 Å². The summed E-state index contributed by atoms with van der Waals surface area (Å²) in [6.07, 6.45) is 1.69. The largest absolute Gasteiger partial charge is 0.545 e. The van der Waals surface area contributed by atoms with Crippen LogP contribution in [0.25, 0.3) is 16.8 Å². The summed E-state index contributed by atoms with van der Waals surface area (Å²) in [6.45, 7) is 0. The number of carbonyl (C=O) groups is 1. The van der Waals surface area contributed by atoms with Crippen molar-refractivity contribution in [3.8, 4) is 16.8 Å². The van der Waals surface area contributed by atoms with Crippen molar-refractivity contribution in [2.75, 3.05) is 5.73 Å². The van der Waals surface area contributed by atoms with Crippen LogP contribution in [0.15, 0.2) is 60.8 Å². The van der Waals surface area contributed by atoms with Gasteiger partial charge in [-0.2, -0.15) is 5.10 Å². The fourth-order valence-corrected chi connectivity index (χ4v) is 2.14. The lowest BCUT2D eigenvalue weighted by Crippen LogP contribution is -2.22. The van der Waals surface area contributed by atoms with Crippen molar-refractivity contribution in [1.82, 2.24) is 9.78 Å². The van der Waals surface area contributed by atoms with E-state index in [1.807, 2.05) is 30.3 Å². The molecule has 0 saturated carbocycles. The first-order chi connectivity index (χ1) is 10.2. The van der Waals surface area contributed by atoms with E-state index in [-0.39, 0.29) is 5.56 Å². The fraction of sp³-hybridized carbons (Fsp3) is 0. The van der Waals surface area contributed by atoms with Crippen LogP contribution >= 0.6 is 0 Å². The van der Waals surface area contributed by atoms with Crippen molar-refractivity contribution in [2.45, 2.75) is 0 Å². The molecule has 0 saturated heterocycles. The number of hydrogen-bond donors (Lipinski definition) is 1. The van der Waals surface area contributed by atoms with Gasteiger partial charge >= 0.3 is 0 Å². The number of anilines is 1. The SMILES string of the molecule is Nc1c(-c2ccccc2)cnn1-c1ccc(C(=O)[O-])cc1.